The molecular weight excluding hydrogens is 430 g/mol. The molecule has 0 aromatic carbocycles. The van der Waals surface area contributed by atoms with E-state index in [0.717, 1.165) is 41.2 Å². The monoisotopic (exact) mass is 449 g/mol. The van der Waals surface area contributed by atoms with E-state index in [4.69, 9.17) is 5.21 Å². The van der Waals surface area contributed by atoms with Crippen molar-refractivity contribution in [2.24, 2.45) is 0 Å². The second kappa shape index (κ2) is 9.35. The van der Waals surface area contributed by atoms with Crippen LogP contribution in [0.3, 0.4) is 0 Å². The first-order valence-electron chi connectivity index (χ1n) is 7.55. The van der Waals surface area contributed by atoms with E-state index < -0.39 is 10.8 Å². The summed E-state index contributed by atoms with van der Waals surface area (Å²) in [5, 5.41) is 18.8. The summed E-state index contributed by atoms with van der Waals surface area (Å²) in [6, 6.07) is 8.52. The maximum atomic E-state index is 11.5. The number of hydrogen-bond acceptors (Lipinski definition) is 6. The minimum absolute atomic E-state index is 0.333. The number of carbonyl (C=O) groups excluding carboxylic acids is 1. The van der Waals surface area contributed by atoms with Crippen LogP contribution in [-0.4, -0.2) is 27.4 Å². The predicted octanol–water partition coefficient (Wildman–Crippen LogP) is 4.90. The molecule has 2 heterocycles. The Bertz CT molecular complexity index is 673. The van der Waals surface area contributed by atoms with E-state index in [0.29, 0.717) is 6.42 Å². The van der Waals surface area contributed by atoms with Crippen molar-refractivity contribution in [3.8, 4) is 9.75 Å². The Morgan fingerprint density at radius 2 is 1.92 bits per heavy atom. The zero-order valence-corrected chi connectivity index (χ0v) is 17.3. The molecule has 24 heavy (non-hydrogen) atoms. The summed E-state index contributed by atoms with van der Waals surface area (Å²) in [5.41, 5.74) is 1.53. The Kier molecular flexibility index (Phi) is 7.77. The van der Waals surface area contributed by atoms with Gasteiger partial charge in [0.15, 0.2) is 4.93 Å². The maximum Gasteiger partial charge on any atom is 0.285 e. The first kappa shape index (κ1) is 19.9. The number of amides is 1. The molecule has 0 fully saturated rings. The van der Waals surface area contributed by atoms with E-state index in [2.05, 4.69) is 40.2 Å². The standard InChI is InChI=1S/C16H20BrNO3S3/c1-22-16(20,15(19)18-21)10-4-2-3-5-11-6-7-12(23-11)13-8-9-14(17)24-13/h6-9,20-21H,2-5,10H2,1H3,(H,18,19). The smallest absolute Gasteiger partial charge is 0.285 e. The lowest BCUT2D eigenvalue weighted by Crippen LogP contribution is -2.42. The molecule has 4 nitrogen and oxygen atoms in total. The second-order valence-electron chi connectivity index (χ2n) is 5.36. The Morgan fingerprint density at radius 3 is 2.54 bits per heavy atom. The SMILES string of the molecule is CSC(O)(CCCCCc1ccc(-c2ccc(Br)s2)s1)C(=O)NO. The Balaban J connectivity index is 1.75. The second-order valence-corrected chi connectivity index (χ2v) is 10.1. The lowest BCUT2D eigenvalue weighted by Gasteiger charge is -2.22. The van der Waals surface area contributed by atoms with Crippen LogP contribution in [0.2, 0.25) is 0 Å². The van der Waals surface area contributed by atoms with Crippen molar-refractivity contribution in [3.63, 3.8) is 0 Å². The summed E-state index contributed by atoms with van der Waals surface area (Å²) in [5.74, 6) is -0.750. The maximum absolute atomic E-state index is 11.5. The van der Waals surface area contributed by atoms with E-state index in [1.54, 1.807) is 17.6 Å². The molecule has 2 aromatic heterocycles. The average Bonchev–Trinajstić information content (AvgIpc) is 3.22. The van der Waals surface area contributed by atoms with Crippen LogP contribution in [0.15, 0.2) is 28.1 Å². The molecule has 0 saturated carbocycles. The number of nitrogens with one attached hydrogen (secondary N) is 1. The van der Waals surface area contributed by atoms with Crippen molar-refractivity contribution in [1.82, 2.24) is 5.48 Å². The van der Waals surface area contributed by atoms with E-state index in [1.165, 1.54) is 20.1 Å². The highest BCUT2D eigenvalue weighted by molar-refractivity contribution is 9.11. The summed E-state index contributed by atoms with van der Waals surface area (Å²) in [7, 11) is 0. The van der Waals surface area contributed by atoms with Crippen LogP contribution in [-0.2, 0) is 11.2 Å². The molecule has 2 rings (SSSR count). The number of thioether (sulfide) groups is 1. The highest BCUT2D eigenvalue weighted by Gasteiger charge is 2.34. The van der Waals surface area contributed by atoms with Gasteiger partial charge in [-0.2, -0.15) is 0 Å². The highest BCUT2D eigenvalue weighted by atomic mass is 79.9. The summed E-state index contributed by atoms with van der Waals surface area (Å²) in [6.07, 6.45) is 5.67. The largest absolute Gasteiger partial charge is 0.371 e. The van der Waals surface area contributed by atoms with E-state index in [1.807, 2.05) is 11.3 Å². The third-order valence-corrected chi connectivity index (χ3v) is 7.74. The van der Waals surface area contributed by atoms with Gasteiger partial charge in [0.05, 0.1) is 3.79 Å². The zero-order valence-electron chi connectivity index (χ0n) is 13.3. The van der Waals surface area contributed by atoms with Crippen LogP contribution in [0, 0.1) is 0 Å². The fourth-order valence-corrected chi connectivity index (χ4v) is 5.43. The number of aliphatic hydroxyl groups is 1. The molecule has 1 unspecified atom stereocenters. The van der Waals surface area contributed by atoms with E-state index in [9.17, 15) is 9.90 Å². The number of aryl methyl sites for hydroxylation is 1. The molecule has 3 N–H and O–H groups in total. The normalized spacial score (nSPS) is 13.7. The molecule has 1 amide bonds. The van der Waals surface area contributed by atoms with Crippen LogP contribution < -0.4 is 5.48 Å². The third-order valence-electron chi connectivity index (χ3n) is 3.71. The van der Waals surface area contributed by atoms with Gasteiger partial charge in [-0.25, -0.2) is 5.48 Å². The molecule has 132 valence electrons. The topological polar surface area (TPSA) is 69.6 Å². The fourth-order valence-electron chi connectivity index (χ4n) is 2.33. The van der Waals surface area contributed by atoms with Crippen molar-refractivity contribution in [2.45, 2.75) is 37.0 Å². The summed E-state index contributed by atoms with van der Waals surface area (Å²) < 4.78 is 1.14. The number of carbonyl (C=O) groups is 1. The highest BCUT2D eigenvalue weighted by Crippen LogP contribution is 2.36. The first-order valence-corrected chi connectivity index (χ1v) is 11.2. The summed E-state index contributed by atoms with van der Waals surface area (Å²) >= 11 is 8.08. The predicted molar refractivity (Wildman–Crippen MR) is 106 cm³/mol. The number of hydroxylamine groups is 1. The number of unbranched alkanes of at least 4 members (excludes halogenated alkanes) is 2. The van der Waals surface area contributed by atoms with Gasteiger partial charge in [0.25, 0.3) is 5.91 Å². The molecule has 0 aliphatic rings. The van der Waals surface area contributed by atoms with Crippen molar-refractivity contribution in [3.05, 3.63) is 32.9 Å². The van der Waals surface area contributed by atoms with Crippen LogP contribution in [0.5, 0.6) is 0 Å². The van der Waals surface area contributed by atoms with Crippen molar-refractivity contribution >= 4 is 56.3 Å². The number of thiophene rings is 2. The number of halogens is 1. The first-order chi connectivity index (χ1) is 11.5. The Morgan fingerprint density at radius 1 is 1.21 bits per heavy atom. The number of rotatable bonds is 9. The average molecular weight is 450 g/mol. The Labute approximate surface area is 162 Å². The van der Waals surface area contributed by atoms with Gasteiger partial charge in [-0.15, -0.1) is 34.4 Å². The van der Waals surface area contributed by atoms with E-state index in [-0.39, 0.29) is 0 Å². The molecular formula is C16H20BrNO3S3. The zero-order chi connectivity index (χ0) is 17.6. The summed E-state index contributed by atoms with van der Waals surface area (Å²) in [4.78, 5) is 13.8. The molecule has 0 aliphatic carbocycles. The summed E-state index contributed by atoms with van der Waals surface area (Å²) in [6.45, 7) is 0. The lowest BCUT2D eigenvalue weighted by molar-refractivity contribution is -0.140. The molecule has 0 radical (unpaired) electrons. The van der Waals surface area contributed by atoms with Crippen LogP contribution in [0.4, 0.5) is 0 Å². The molecule has 0 saturated heterocycles. The van der Waals surface area contributed by atoms with Gasteiger partial charge in [0.1, 0.15) is 0 Å². The molecule has 8 heteroatoms. The molecule has 2 aromatic rings. The van der Waals surface area contributed by atoms with Crippen molar-refractivity contribution in [2.75, 3.05) is 6.26 Å². The molecule has 0 spiro atoms. The van der Waals surface area contributed by atoms with E-state index >= 15 is 0 Å². The van der Waals surface area contributed by atoms with Gasteiger partial charge in [-0.1, -0.05) is 6.42 Å². The lowest BCUT2D eigenvalue weighted by atomic mass is 10.1. The van der Waals surface area contributed by atoms with Gasteiger partial charge < -0.3 is 5.11 Å². The fraction of sp³-hybridized carbons (Fsp3) is 0.438. The van der Waals surface area contributed by atoms with Gasteiger partial charge in [-0.05, 0) is 72.1 Å². The molecule has 0 bridgehead atoms. The van der Waals surface area contributed by atoms with Crippen molar-refractivity contribution < 1.29 is 15.1 Å². The van der Waals surface area contributed by atoms with Crippen LogP contribution in [0.25, 0.3) is 9.75 Å². The van der Waals surface area contributed by atoms with Gasteiger partial charge in [0, 0.05) is 14.6 Å². The van der Waals surface area contributed by atoms with Crippen LogP contribution in [0.1, 0.15) is 30.6 Å². The third kappa shape index (κ3) is 5.31. The van der Waals surface area contributed by atoms with Crippen molar-refractivity contribution in [1.29, 1.82) is 0 Å². The van der Waals surface area contributed by atoms with Crippen LogP contribution >= 0.6 is 50.4 Å². The van der Waals surface area contributed by atoms with Gasteiger partial charge in [0.2, 0.25) is 0 Å². The minimum Gasteiger partial charge on any atom is -0.371 e. The van der Waals surface area contributed by atoms with Gasteiger partial charge >= 0.3 is 0 Å². The quantitative estimate of drug-likeness (QED) is 0.220. The molecule has 1 atom stereocenters. The minimum atomic E-state index is -1.54. The Hall–Kier alpha value is -0.380. The number of hydrogen-bond donors (Lipinski definition) is 3. The van der Waals surface area contributed by atoms with Gasteiger partial charge in [-0.3, -0.25) is 10.0 Å². The molecule has 0 aliphatic heterocycles.